The van der Waals surface area contributed by atoms with Crippen LogP contribution in [0.4, 0.5) is 4.79 Å². The number of barbiturate groups is 1. The second kappa shape index (κ2) is 4.95. The molecule has 0 unspecified atom stereocenters. The largest absolute Gasteiger partial charge is 0.480 e. The smallest absolute Gasteiger partial charge is 0.333 e. The molecule has 2 rings (SSSR count). The number of aliphatic carboxylic acids is 1. The molecule has 108 valence electrons. The summed E-state index contributed by atoms with van der Waals surface area (Å²) in [6, 6.07) is -1.44. The first-order chi connectivity index (χ1) is 9.34. The van der Waals surface area contributed by atoms with Gasteiger partial charge >= 0.3 is 12.0 Å². The van der Waals surface area contributed by atoms with Gasteiger partial charge in [-0.2, -0.15) is 0 Å². The number of imide groups is 2. The molecule has 0 aromatic carbocycles. The van der Waals surface area contributed by atoms with Crippen LogP contribution >= 0.6 is 0 Å². The normalized spacial score (nSPS) is 23.7. The highest BCUT2D eigenvalue weighted by Gasteiger charge is 2.39. The van der Waals surface area contributed by atoms with E-state index < -0.39 is 29.9 Å². The lowest BCUT2D eigenvalue weighted by Crippen LogP contribution is -2.53. The Morgan fingerprint density at radius 2 is 1.75 bits per heavy atom. The number of likely N-dealkylation sites (N-methyl/N-ethyl adjacent to an activating group) is 2. The first kappa shape index (κ1) is 14.0. The molecule has 20 heavy (non-hydrogen) atoms. The molecule has 0 spiro atoms. The number of urea groups is 1. The highest BCUT2D eigenvalue weighted by molar-refractivity contribution is 6.28. The van der Waals surface area contributed by atoms with E-state index in [4.69, 9.17) is 5.11 Å². The van der Waals surface area contributed by atoms with E-state index in [1.165, 1.54) is 25.2 Å². The molecule has 8 heteroatoms. The summed E-state index contributed by atoms with van der Waals surface area (Å²) in [6.45, 7) is 0.461. The average molecular weight is 281 g/mol. The fourth-order valence-electron chi connectivity index (χ4n) is 2.34. The monoisotopic (exact) mass is 281 g/mol. The second-order valence-electron chi connectivity index (χ2n) is 4.79. The molecule has 8 nitrogen and oxygen atoms in total. The number of rotatable bonds is 2. The van der Waals surface area contributed by atoms with Crippen LogP contribution in [0.1, 0.15) is 12.8 Å². The third-order valence-corrected chi connectivity index (χ3v) is 3.52. The maximum absolute atomic E-state index is 12.0. The van der Waals surface area contributed by atoms with Gasteiger partial charge in [0.05, 0.1) is 0 Å². The van der Waals surface area contributed by atoms with Gasteiger partial charge in [0.1, 0.15) is 11.6 Å². The topological polar surface area (TPSA) is 98.2 Å². The van der Waals surface area contributed by atoms with Crippen LogP contribution in [0, 0.1) is 0 Å². The van der Waals surface area contributed by atoms with Gasteiger partial charge in [-0.05, 0) is 12.8 Å². The summed E-state index contributed by atoms with van der Waals surface area (Å²) in [6.07, 6.45) is 2.40. The predicted molar refractivity (Wildman–Crippen MR) is 66.4 cm³/mol. The van der Waals surface area contributed by atoms with Crippen molar-refractivity contribution in [1.29, 1.82) is 0 Å². The molecule has 2 saturated heterocycles. The molecule has 0 aromatic rings. The summed E-state index contributed by atoms with van der Waals surface area (Å²) in [5.74, 6) is -2.42. The summed E-state index contributed by atoms with van der Waals surface area (Å²) in [7, 11) is 2.56. The molecule has 4 amide bonds. The van der Waals surface area contributed by atoms with Gasteiger partial charge in [0, 0.05) is 26.8 Å². The summed E-state index contributed by atoms with van der Waals surface area (Å²) in [5, 5.41) is 9.08. The van der Waals surface area contributed by atoms with Crippen LogP contribution in [0.2, 0.25) is 0 Å². The van der Waals surface area contributed by atoms with E-state index in [1.807, 2.05) is 0 Å². The standard InChI is InChI=1S/C12H15N3O5/c1-13-9(16)7(10(17)14(2)12(13)20)6-15-5-3-4-8(15)11(18)19/h6,8H,3-5H2,1-2H3,(H,18,19)/t8-/m0/s1. The van der Waals surface area contributed by atoms with E-state index in [2.05, 4.69) is 0 Å². The van der Waals surface area contributed by atoms with Crippen LogP contribution in [0.5, 0.6) is 0 Å². The average Bonchev–Trinajstić information content (AvgIpc) is 2.87. The van der Waals surface area contributed by atoms with E-state index in [0.29, 0.717) is 19.4 Å². The number of hydrogen-bond donors (Lipinski definition) is 1. The summed E-state index contributed by atoms with van der Waals surface area (Å²) in [5.41, 5.74) is -0.192. The number of carbonyl (C=O) groups excluding carboxylic acids is 3. The van der Waals surface area contributed by atoms with Gasteiger partial charge in [0.15, 0.2) is 0 Å². The molecule has 2 aliphatic rings. The number of carboxylic acid groups (broad SMARTS) is 1. The summed E-state index contributed by atoms with van der Waals surface area (Å²) >= 11 is 0. The lowest BCUT2D eigenvalue weighted by atomic mass is 10.1. The van der Waals surface area contributed by atoms with Crippen LogP contribution in [0.25, 0.3) is 0 Å². The zero-order valence-electron chi connectivity index (χ0n) is 11.2. The van der Waals surface area contributed by atoms with Crippen molar-refractivity contribution in [1.82, 2.24) is 14.7 Å². The molecular weight excluding hydrogens is 266 g/mol. The Morgan fingerprint density at radius 3 is 2.25 bits per heavy atom. The molecule has 2 fully saturated rings. The SMILES string of the molecule is CN1C(=O)C(=CN2CCC[C@H]2C(=O)O)C(=O)N(C)C1=O. The molecule has 0 aliphatic carbocycles. The highest BCUT2D eigenvalue weighted by atomic mass is 16.4. The van der Waals surface area contributed by atoms with Crippen molar-refractivity contribution in [3.05, 3.63) is 11.8 Å². The quantitative estimate of drug-likeness (QED) is 0.539. The van der Waals surface area contributed by atoms with Crippen molar-refractivity contribution < 1.29 is 24.3 Å². The van der Waals surface area contributed by atoms with Crippen LogP contribution in [-0.4, -0.2) is 70.3 Å². The van der Waals surface area contributed by atoms with Crippen molar-refractivity contribution in [2.45, 2.75) is 18.9 Å². The lowest BCUT2D eigenvalue weighted by Gasteiger charge is -2.30. The van der Waals surface area contributed by atoms with Crippen LogP contribution in [0.15, 0.2) is 11.8 Å². The number of amides is 4. The number of likely N-dealkylation sites (tertiary alicyclic amines) is 1. The molecule has 1 N–H and O–H groups in total. The Hall–Kier alpha value is -2.38. The third-order valence-electron chi connectivity index (χ3n) is 3.52. The van der Waals surface area contributed by atoms with Gasteiger partial charge in [-0.1, -0.05) is 0 Å². The maximum atomic E-state index is 12.0. The molecule has 0 aromatic heterocycles. The van der Waals surface area contributed by atoms with Crippen molar-refractivity contribution in [3.63, 3.8) is 0 Å². The minimum atomic E-state index is -0.993. The fraction of sp³-hybridized carbons (Fsp3) is 0.500. The highest BCUT2D eigenvalue weighted by Crippen LogP contribution is 2.21. The van der Waals surface area contributed by atoms with Crippen molar-refractivity contribution in [3.8, 4) is 0 Å². The number of hydrogen-bond acceptors (Lipinski definition) is 5. The predicted octanol–water partition coefficient (Wildman–Crippen LogP) is -0.530. The number of carbonyl (C=O) groups is 4. The minimum Gasteiger partial charge on any atom is -0.480 e. The Bertz CT molecular complexity index is 501. The minimum absolute atomic E-state index is 0.192. The van der Waals surface area contributed by atoms with Crippen molar-refractivity contribution >= 4 is 23.8 Å². The van der Waals surface area contributed by atoms with Crippen molar-refractivity contribution in [2.75, 3.05) is 20.6 Å². The first-order valence-electron chi connectivity index (χ1n) is 6.15. The number of carboxylic acids is 1. The van der Waals surface area contributed by atoms with E-state index in [0.717, 1.165) is 9.80 Å². The summed E-state index contributed by atoms with van der Waals surface area (Å²) in [4.78, 5) is 49.7. The molecule has 0 bridgehead atoms. The van der Waals surface area contributed by atoms with Crippen LogP contribution in [-0.2, 0) is 14.4 Å². The Balaban J connectivity index is 2.32. The van der Waals surface area contributed by atoms with Crippen molar-refractivity contribution in [2.24, 2.45) is 0 Å². The van der Waals surface area contributed by atoms with E-state index in [9.17, 15) is 19.2 Å². The van der Waals surface area contributed by atoms with Gasteiger partial charge < -0.3 is 10.0 Å². The molecular formula is C12H15N3O5. The van der Waals surface area contributed by atoms with Gasteiger partial charge in [-0.3, -0.25) is 19.4 Å². The first-order valence-corrected chi connectivity index (χ1v) is 6.15. The van der Waals surface area contributed by atoms with Gasteiger partial charge in [0.25, 0.3) is 11.8 Å². The number of nitrogens with zero attached hydrogens (tertiary/aromatic N) is 3. The molecule has 0 radical (unpaired) electrons. The van der Waals surface area contributed by atoms with Crippen LogP contribution in [0.3, 0.4) is 0 Å². The zero-order valence-corrected chi connectivity index (χ0v) is 11.2. The zero-order chi connectivity index (χ0) is 15.0. The van der Waals surface area contributed by atoms with Gasteiger partial charge in [-0.25, -0.2) is 9.59 Å². The van der Waals surface area contributed by atoms with E-state index in [1.54, 1.807) is 0 Å². The Labute approximate surface area is 115 Å². The van der Waals surface area contributed by atoms with Crippen LogP contribution < -0.4 is 0 Å². The Kier molecular flexibility index (Phi) is 3.47. The van der Waals surface area contributed by atoms with Gasteiger partial charge in [0.2, 0.25) is 0 Å². The maximum Gasteiger partial charge on any atom is 0.333 e. The molecule has 2 heterocycles. The fourth-order valence-corrected chi connectivity index (χ4v) is 2.34. The Morgan fingerprint density at radius 1 is 1.20 bits per heavy atom. The third kappa shape index (κ3) is 2.13. The van der Waals surface area contributed by atoms with Gasteiger partial charge in [-0.15, -0.1) is 0 Å². The molecule has 0 saturated carbocycles. The van der Waals surface area contributed by atoms with E-state index in [-0.39, 0.29) is 5.57 Å². The second-order valence-corrected chi connectivity index (χ2v) is 4.79. The molecule has 1 atom stereocenters. The molecule has 2 aliphatic heterocycles. The lowest BCUT2D eigenvalue weighted by molar-refractivity contribution is -0.142. The summed E-state index contributed by atoms with van der Waals surface area (Å²) < 4.78 is 0. The van der Waals surface area contributed by atoms with E-state index >= 15 is 0 Å².